The zero-order chi connectivity index (χ0) is 20.4. The van der Waals surface area contributed by atoms with Gasteiger partial charge in [0.15, 0.2) is 0 Å². The fraction of sp³-hybridized carbons (Fsp3) is 0.381. The van der Waals surface area contributed by atoms with E-state index in [4.69, 9.17) is 9.47 Å². The molecule has 0 spiro atoms. The summed E-state index contributed by atoms with van der Waals surface area (Å²) in [7, 11) is 0. The molecule has 2 rings (SSSR count). The SMILES string of the molecule is C=CC(=O)OCCCCC(=O)O/C(C#N)=C1\Sc2ccccc2N1CCCC. The van der Waals surface area contributed by atoms with Gasteiger partial charge in [0.1, 0.15) is 11.1 Å². The average molecular weight is 401 g/mol. The van der Waals surface area contributed by atoms with E-state index < -0.39 is 11.9 Å². The minimum absolute atomic E-state index is 0.0281. The Bertz CT molecular complexity index is 798. The van der Waals surface area contributed by atoms with Crippen molar-refractivity contribution in [3.8, 4) is 6.07 Å². The molecule has 0 aromatic heterocycles. The van der Waals surface area contributed by atoms with E-state index in [2.05, 4.69) is 13.5 Å². The number of esters is 2. The number of anilines is 1. The van der Waals surface area contributed by atoms with E-state index in [0.717, 1.165) is 36.0 Å². The van der Waals surface area contributed by atoms with E-state index in [1.807, 2.05) is 35.2 Å². The smallest absolute Gasteiger partial charge is 0.330 e. The van der Waals surface area contributed by atoms with Crippen molar-refractivity contribution in [2.24, 2.45) is 0 Å². The number of fused-ring (bicyclic) bond motifs is 1. The van der Waals surface area contributed by atoms with Crippen molar-refractivity contribution >= 4 is 29.4 Å². The van der Waals surface area contributed by atoms with Crippen LogP contribution in [0.1, 0.15) is 39.0 Å². The molecule has 0 atom stereocenters. The summed E-state index contributed by atoms with van der Waals surface area (Å²) >= 11 is 1.45. The predicted octanol–water partition coefficient (Wildman–Crippen LogP) is 4.53. The molecule has 6 nitrogen and oxygen atoms in total. The number of allylic oxidation sites excluding steroid dienone is 1. The Morgan fingerprint density at radius 3 is 2.79 bits per heavy atom. The number of para-hydroxylation sites is 1. The number of carbonyl (C=O) groups excluding carboxylic acids is 2. The van der Waals surface area contributed by atoms with Crippen LogP contribution < -0.4 is 4.90 Å². The van der Waals surface area contributed by atoms with Crippen LogP contribution in [0.4, 0.5) is 5.69 Å². The highest BCUT2D eigenvalue weighted by molar-refractivity contribution is 8.03. The maximum atomic E-state index is 12.2. The summed E-state index contributed by atoms with van der Waals surface area (Å²) in [6.45, 7) is 6.40. The van der Waals surface area contributed by atoms with Gasteiger partial charge in [-0.2, -0.15) is 5.26 Å². The molecular weight excluding hydrogens is 376 g/mol. The van der Waals surface area contributed by atoms with Gasteiger partial charge in [-0.3, -0.25) is 4.79 Å². The third-order valence-corrected chi connectivity index (χ3v) is 5.21. The minimum atomic E-state index is -0.482. The molecule has 0 radical (unpaired) electrons. The van der Waals surface area contributed by atoms with Crippen LogP contribution in [0.5, 0.6) is 0 Å². The fourth-order valence-electron chi connectivity index (χ4n) is 2.62. The summed E-state index contributed by atoms with van der Waals surface area (Å²) in [5, 5.41) is 10.2. The molecule has 1 aliphatic heterocycles. The molecule has 0 saturated carbocycles. The molecule has 28 heavy (non-hydrogen) atoms. The lowest BCUT2D eigenvalue weighted by molar-refractivity contribution is -0.139. The molecule has 0 amide bonds. The van der Waals surface area contributed by atoms with Crippen molar-refractivity contribution in [1.29, 1.82) is 5.26 Å². The maximum Gasteiger partial charge on any atom is 0.330 e. The van der Waals surface area contributed by atoms with Gasteiger partial charge in [0.25, 0.3) is 0 Å². The van der Waals surface area contributed by atoms with Gasteiger partial charge in [0.05, 0.1) is 12.3 Å². The Hall–Kier alpha value is -2.72. The number of nitrogens with zero attached hydrogens (tertiary/aromatic N) is 2. The normalized spacial score (nSPS) is 14.1. The van der Waals surface area contributed by atoms with Gasteiger partial charge in [0, 0.05) is 23.9 Å². The highest BCUT2D eigenvalue weighted by Crippen LogP contribution is 2.47. The van der Waals surface area contributed by atoms with Crippen molar-refractivity contribution in [1.82, 2.24) is 0 Å². The zero-order valence-electron chi connectivity index (χ0n) is 16.0. The molecule has 1 aromatic rings. The highest BCUT2D eigenvalue weighted by atomic mass is 32.2. The molecular formula is C21H24N2O4S. The molecule has 0 N–H and O–H groups in total. The number of carbonyl (C=O) groups is 2. The van der Waals surface area contributed by atoms with Gasteiger partial charge in [-0.25, -0.2) is 4.79 Å². The van der Waals surface area contributed by atoms with Crippen LogP contribution in [0.15, 0.2) is 52.6 Å². The Labute approximate surface area is 169 Å². The number of thioether (sulfide) groups is 1. The van der Waals surface area contributed by atoms with E-state index in [-0.39, 0.29) is 18.8 Å². The zero-order valence-corrected chi connectivity index (χ0v) is 16.8. The van der Waals surface area contributed by atoms with Crippen LogP contribution in [0.3, 0.4) is 0 Å². The fourth-order valence-corrected chi connectivity index (χ4v) is 3.74. The largest absolute Gasteiger partial charge is 0.463 e. The number of hydrogen-bond donors (Lipinski definition) is 0. The van der Waals surface area contributed by atoms with E-state index >= 15 is 0 Å². The molecule has 148 valence electrons. The molecule has 7 heteroatoms. The van der Waals surface area contributed by atoms with Crippen LogP contribution in [0.25, 0.3) is 0 Å². The summed E-state index contributed by atoms with van der Waals surface area (Å²) < 4.78 is 10.2. The van der Waals surface area contributed by atoms with Crippen molar-refractivity contribution in [2.75, 3.05) is 18.1 Å². The second kappa shape index (κ2) is 11.2. The number of unbranched alkanes of at least 4 members (excludes halogenated alkanes) is 2. The van der Waals surface area contributed by atoms with Crippen LogP contribution >= 0.6 is 11.8 Å². The molecule has 1 aliphatic rings. The van der Waals surface area contributed by atoms with E-state index in [9.17, 15) is 14.9 Å². The maximum absolute atomic E-state index is 12.2. The molecule has 0 unspecified atom stereocenters. The topological polar surface area (TPSA) is 79.6 Å². The molecule has 0 aliphatic carbocycles. The van der Waals surface area contributed by atoms with Gasteiger partial charge in [0.2, 0.25) is 5.76 Å². The van der Waals surface area contributed by atoms with Gasteiger partial charge in [-0.15, -0.1) is 0 Å². The Morgan fingerprint density at radius 2 is 2.07 bits per heavy atom. The monoisotopic (exact) mass is 400 g/mol. The second-order valence-electron chi connectivity index (χ2n) is 6.12. The van der Waals surface area contributed by atoms with Crippen molar-refractivity contribution in [3.63, 3.8) is 0 Å². The highest BCUT2D eigenvalue weighted by Gasteiger charge is 2.29. The number of rotatable bonds is 10. The van der Waals surface area contributed by atoms with Crippen LogP contribution in [-0.4, -0.2) is 25.1 Å². The van der Waals surface area contributed by atoms with Crippen molar-refractivity contribution in [2.45, 2.75) is 43.9 Å². The number of nitriles is 1. The van der Waals surface area contributed by atoms with Crippen molar-refractivity contribution < 1.29 is 19.1 Å². The summed E-state index contributed by atoms with van der Waals surface area (Å²) in [5.41, 5.74) is 1.03. The summed E-state index contributed by atoms with van der Waals surface area (Å²) in [4.78, 5) is 26.2. The first kappa shape index (κ1) is 21.6. The lowest BCUT2D eigenvalue weighted by Gasteiger charge is -2.20. The third kappa shape index (κ3) is 5.89. The number of ether oxygens (including phenoxy) is 2. The Kier molecular flexibility index (Phi) is 8.63. The van der Waals surface area contributed by atoms with Gasteiger partial charge in [-0.05, 0) is 31.4 Å². The molecule has 1 heterocycles. The lowest BCUT2D eigenvalue weighted by atomic mass is 10.2. The standard InChI is InChI=1S/C21H24N2O4S/c1-3-5-13-23-16-10-6-7-11-18(16)28-21(23)17(15-22)27-20(25)12-8-9-14-26-19(24)4-2/h4,6-7,10-11H,2-3,5,8-9,12-14H2,1H3/b21-17-. The summed E-state index contributed by atoms with van der Waals surface area (Å²) in [6.07, 6.45) is 4.28. The minimum Gasteiger partial charge on any atom is -0.463 e. The lowest BCUT2D eigenvalue weighted by Crippen LogP contribution is -2.21. The van der Waals surface area contributed by atoms with E-state index in [0.29, 0.717) is 17.9 Å². The van der Waals surface area contributed by atoms with Gasteiger partial charge < -0.3 is 14.4 Å². The molecule has 0 saturated heterocycles. The average Bonchev–Trinajstić information content (AvgIpc) is 3.08. The first-order chi connectivity index (χ1) is 13.6. The molecule has 1 aromatic carbocycles. The quantitative estimate of drug-likeness (QED) is 0.188. The van der Waals surface area contributed by atoms with Gasteiger partial charge >= 0.3 is 11.9 Å². The second-order valence-corrected chi connectivity index (χ2v) is 7.15. The van der Waals surface area contributed by atoms with Gasteiger partial charge in [-0.1, -0.05) is 43.8 Å². The van der Waals surface area contributed by atoms with E-state index in [1.54, 1.807) is 0 Å². The molecule has 0 fully saturated rings. The first-order valence-corrected chi connectivity index (χ1v) is 10.1. The summed E-state index contributed by atoms with van der Waals surface area (Å²) in [6, 6.07) is 9.94. The number of benzene rings is 1. The van der Waals surface area contributed by atoms with Crippen LogP contribution in [-0.2, 0) is 19.1 Å². The number of hydrogen-bond acceptors (Lipinski definition) is 7. The Balaban J connectivity index is 1.99. The predicted molar refractivity (Wildman–Crippen MR) is 108 cm³/mol. The van der Waals surface area contributed by atoms with Crippen molar-refractivity contribution in [3.05, 3.63) is 47.7 Å². The Morgan fingerprint density at radius 1 is 1.29 bits per heavy atom. The first-order valence-electron chi connectivity index (χ1n) is 9.29. The van der Waals surface area contributed by atoms with Crippen LogP contribution in [0, 0.1) is 11.3 Å². The third-order valence-electron chi connectivity index (χ3n) is 4.04. The van der Waals surface area contributed by atoms with Crippen LogP contribution in [0.2, 0.25) is 0 Å². The summed E-state index contributed by atoms with van der Waals surface area (Å²) in [5.74, 6) is -0.921. The molecule has 0 bridgehead atoms. The van der Waals surface area contributed by atoms with E-state index in [1.165, 1.54) is 11.8 Å².